The van der Waals surface area contributed by atoms with Gasteiger partial charge in [0.2, 0.25) is 0 Å². The van der Waals surface area contributed by atoms with Crippen LogP contribution in [0.15, 0.2) is 22.9 Å². The summed E-state index contributed by atoms with van der Waals surface area (Å²) < 4.78 is 5.20. The normalized spacial score (nSPS) is 13.6. The van der Waals surface area contributed by atoms with Gasteiger partial charge in [-0.05, 0) is 36.1 Å². The molecule has 3 nitrogen and oxygen atoms in total. The van der Waals surface area contributed by atoms with Crippen molar-refractivity contribution in [1.82, 2.24) is 4.98 Å². The van der Waals surface area contributed by atoms with Crippen molar-refractivity contribution in [2.45, 2.75) is 19.8 Å². The lowest BCUT2D eigenvalue weighted by Crippen LogP contribution is -2.17. The largest absolute Gasteiger partial charge is 0.442 e. The number of fused-ring (bicyclic) bond motifs is 1. The fourth-order valence-corrected chi connectivity index (χ4v) is 2.22. The van der Waals surface area contributed by atoms with E-state index in [9.17, 15) is 0 Å². The molecule has 4 heteroatoms. The molecule has 0 bridgehead atoms. The molecule has 16 heavy (non-hydrogen) atoms. The lowest BCUT2D eigenvalue weighted by atomic mass is 9.88. The molecule has 0 saturated carbocycles. The van der Waals surface area contributed by atoms with Crippen molar-refractivity contribution in [2.24, 2.45) is 11.7 Å². The highest BCUT2D eigenvalue weighted by molar-refractivity contribution is 6.34. The van der Waals surface area contributed by atoms with Gasteiger partial charge in [-0.1, -0.05) is 25.4 Å². The zero-order chi connectivity index (χ0) is 11.7. The number of hydrogen-bond donors (Lipinski definition) is 1. The monoisotopic (exact) mass is 238 g/mol. The van der Waals surface area contributed by atoms with Gasteiger partial charge < -0.3 is 10.2 Å². The maximum absolute atomic E-state index is 6.13. The molecule has 1 unspecified atom stereocenters. The summed E-state index contributed by atoms with van der Waals surface area (Å²) in [6.07, 6.45) is 1.41. The molecule has 0 aliphatic rings. The number of nitrogens with zero attached hydrogens (tertiary/aromatic N) is 1. The van der Waals surface area contributed by atoms with E-state index in [1.54, 1.807) is 0 Å². The molecule has 86 valence electrons. The molecule has 0 fully saturated rings. The van der Waals surface area contributed by atoms with Gasteiger partial charge in [0.25, 0.3) is 0 Å². The van der Waals surface area contributed by atoms with Gasteiger partial charge in [0.1, 0.15) is 5.52 Å². The Morgan fingerprint density at radius 3 is 2.81 bits per heavy atom. The molecule has 1 aromatic carbocycles. The van der Waals surface area contributed by atoms with Crippen LogP contribution in [0, 0.1) is 5.92 Å². The van der Waals surface area contributed by atoms with Crippen LogP contribution in [0.5, 0.6) is 0 Å². The first-order valence-corrected chi connectivity index (χ1v) is 5.74. The molecule has 0 spiro atoms. The van der Waals surface area contributed by atoms with E-state index in [1.165, 1.54) is 6.39 Å². The first-order chi connectivity index (χ1) is 7.63. The molecule has 1 aromatic heterocycles. The SMILES string of the molecule is CC(C)C(CN)c1cc(Cl)c2ocnc2c1. The summed E-state index contributed by atoms with van der Waals surface area (Å²) in [6, 6.07) is 3.93. The molecule has 2 N–H and O–H groups in total. The summed E-state index contributed by atoms with van der Waals surface area (Å²) >= 11 is 6.13. The van der Waals surface area contributed by atoms with E-state index < -0.39 is 0 Å². The Labute approximate surface area is 99.6 Å². The van der Waals surface area contributed by atoms with Crippen molar-refractivity contribution in [2.75, 3.05) is 6.54 Å². The van der Waals surface area contributed by atoms with Crippen LogP contribution in [0.3, 0.4) is 0 Å². The predicted octanol–water partition coefficient (Wildman–Crippen LogP) is 3.18. The number of nitrogens with two attached hydrogens (primary N) is 1. The Bertz CT molecular complexity index is 493. The van der Waals surface area contributed by atoms with Crippen LogP contribution in [0.2, 0.25) is 5.02 Å². The fraction of sp³-hybridized carbons (Fsp3) is 0.417. The van der Waals surface area contributed by atoms with Crippen LogP contribution in [0.1, 0.15) is 25.3 Å². The van der Waals surface area contributed by atoms with Gasteiger partial charge in [-0.2, -0.15) is 0 Å². The second-order valence-electron chi connectivity index (χ2n) is 4.29. The second kappa shape index (κ2) is 4.44. The summed E-state index contributed by atoms with van der Waals surface area (Å²) in [4.78, 5) is 4.12. The molecule has 0 aliphatic carbocycles. The number of oxazole rings is 1. The number of aromatic nitrogens is 1. The van der Waals surface area contributed by atoms with E-state index >= 15 is 0 Å². The second-order valence-corrected chi connectivity index (χ2v) is 4.70. The van der Waals surface area contributed by atoms with Crippen LogP contribution in [-0.4, -0.2) is 11.5 Å². The first-order valence-electron chi connectivity index (χ1n) is 5.36. The van der Waals surface area contributed by atoms with Gasteiger partial charge in [0.05, 0.1) is 5.02 Å². The summed E-state index contributed by atoms with van der Waals surface area (Å²) in [5.74, 6) is 0.781. The maximum atomic E-state index is 6.13. The smallest absolute Gasteiger partial charge is 0.182 e. The molecule has 2 rings (SSSR count). The third-order valence-corrected chi connectivity index (χ3v) is 3.18. The van der Waals surface area contributed by atoms with Crippen molar-refractivity contribution in [3.63, 3.8) is 0 Å². The van der Waals surface area contributed by atoms with E-state index in [0.717, 1.165) is 11.1 Å². The minimum atomic E-state index is 0.304. The average molecular weight is 239 g/mol. The van der Waals surface area contributed by atoms with Crippen molar-refractivity contribution in [1.29, 1.82) is 0 Å². The van der Waals surface area contributed by atoms with E-state index in [-0.39, 0.29) is 0 Å². The molecular formula is C12H15ClN2O. The summed E-state index contributed by atoms with van der Waals surface area (Å²) in [6.45, 7) is 4.91. The number of hydrogen-bond acceptors (Lipinski definition) is 3. The van der Waals surface area contributed by atoms with Gasteiger partial charge in [-0.15, -0.1) is 0 Å². The molecule has 1 atom stereocenters. The van der Waals surface area contributed by atoms with Gasteiger partial charge >= 0.3 is 0 Å². The highest BCUT2D eigenvalue weighted by Crippen LogP contribution is 2.31. The number of rotatable bonds is 3. The maximum Gasteiger partial charge on any atom is 0.182 e. The van der Waals surface area contributed by atoms with Gasteiger partial charge in [0, 0.05) is 0 Å². The van der Waals surface area contributed by atoms with E-state index in [0.29, 0.717) is 29.0 Å². The van der Waals surface area contributed by atoms with Crippen LogP contribution in [-0.2, 0) is 0 Å². The highest BCUT2D eigenvalue weighted by atomic mass is 35.5. The predicted molar refractivity (Wildman–Crippen MR) is 65.7 cm³/mol. The minimum absolute atomic E-state index is 0.304. The summed E-state index contributed by atoms with van der Waals surface area (Å²) in [5.41, 5.74) is 8.35. The molecule has 0 saturated heterocycles. The Hall–Kier alpha value is -1.06. The molecule has 1 heterocycles. The average Bonchev–Trinajstić information content (AvgIpc) is 2.66. The lowest BCUT2D eigenvalue weighted by molar-refractivity contribution is 0.506. The highest BCUT2D eigenvalue weighted by Gasteiger charge is 2.17. The Kier molecular flexibility index (Phi) is 3.17. The first kappa shape index (κ1) is 11.4. The van der Waals surface area contributed by atoms with Crippen LogP contribution < -0.4 is 5.73 Å². The van der Waals surface area contributed by atoms with Crippen molar-refractivity contribution in [3.05, 3.63) is 29.1 Å². The quantitative estimate of drug-likeness (QED) is 0.894. The van der Waals surface area contributed by atoms with Gasteiger partial charge in [-0.3, -0.25) is 0 Å². The van der Waals surface area contributed by atoms with Gasteiger partial charge in [-0.25, -0.2) is 4.98 Å². The Morgan fingerprint density at radius 1 is 1.44 bits per heavy atom. The Morgan fingerprint density at radius 2 is 2.19 bits per heavy atom. The molecular weight excluding hydrogens is 224 g/mol. The van der Waals surface area contributed by atoms with Crippen LogP contribution in [0.4, 0.5) is 0 Å². The van der Waals surface area contributed by atoms with E-state index in [1.807, 2.05) is 12.1 Å². The van der Waals surface area contributed by atoms with Crippen molar-refractivity contribution >= 4 is 22.7 Å². The molecule has 0 radical (unpaired) electrons. The minimum Gasteiger partial charge on any atom is -0.442 e. The van der Waals surface area contributed by atoms with Crippen LogP contribution >= 0.6 is 11.6 Å². The Balaban J connectivity index is 2.52. The summed E-state index contributed by atoms with van der Waals surface area (Å²) in [7, 11) is 0. The molecule has 0 amide bonds. The fourth-order valence-electron chi connectivity index (χ4n) is 1.95. The number of halogens is 1. The van der Waals surface area contributed by atoms with Crippen LogP contribution in [0.25, 0.3) is 11.1 Å². The number of benzene rings is 1. The molecule has 0 aliphatic heterocycles. The standard InChI is InChI=1S/C12H15ClN2O/c1-7(2)9(5-14)8-3-10(13)12-11(4-8)15-6-16-12/h3-4,6-7,9H,5,14H2,1-2H3. The van der Waals surface area contributed by atoms with E-state index in [4.69, 9.17) is 21.8 Å². The third-order valence-electron chi connectivity index (χ3n) is 2.90. The van der Waals surface area contributed by atoms with Crippen molar-refractivity contribution in [3.8, 4) is 0 Å². The van der Waals surface area contributed by atoms with Gasteiger partial charge in [0.15, 0.2) is 12.0 Å². The topological polar surface area (TPSA) is 52.0 Å². The zero-order valence-corrected chi connectivity index (χ0v) is 10.2. The van der Waals surface area contributed by atoms with E-state index in [2.05, 4.69) is 18.8 Å². The van der Waals surface area contributed by atoms with Crippen molar-refractivity contribution < 1.29 is 4.42 Å². The lowest BCUT2D eigenvalue weighted by Gasteiger charge is -2.19. The zero-order valence-electron chi connectivity index (χ0n) is 9.40. The molecule has 2 aromatic rings. The third kappa shape index (κ3) is 1.93. The summed E-state index contributed by atoms with van der Waals surface area (Å²) in [5, 5.41) is 0.601.